The lowest BCUT2D eigenvalue weighted by atomic mass is 10.2. The van der Waals surface area contributed by atoms with Crippen LogP contribution in [0.25, 0.3) is 6.08 Å². The number of benzene rings is 1. The predicted octanol–water partition coefficient (Wildman–Crippen LogP) is 2.77. The summed E-state index contributed by atoms with van der Waals surface area (Å²) in [6.45, 7) is 1.87. The van der Waals surface area contributed by atoms with Crippen molar-refractivity contribution in [1.82, 2.24) is 9.78 Å². The zero-order valence-corrected chi connectivity index (χ0v) is 15.3. The fraction of sp³-hybridized carbons (Fsp3) is 0.188. The molecule has 0 radical (unpaired) electrons. The molecule has 1 aromatic carbocycles. The third-order valence-corrected chi connectivity index (χ3v) is 3.63. The Kier molecular flexibility index (Phi) is 6.61. The van der Waals surface area contributed by atoms with Gasteiger partial charge in [-0.3, -0.25) is 4.79 Å². The van der Waals surface area contributed by atoms with Crippen molar-refractivity contribution in [1.29, 1.82) is 0 Å². The van der Waals surface area contributed by atoms with E-state index in [9.17, 15) is 19.7 Å². The minimum Gasteiger partial charge on any atom is -0.463 e. The van der Waals surface area contributed by atoms with Gasteiger partial charge in [0.15, 0.2) is 0 Å². The van der Waals surface area contributed by atoms with Crippen LogP contribution in [0.3, 0.4) is 0 Å². The average Bonchev–Trinajstić information content (AvgIpc) is 2.95. The van der Waals surface area contributed by atoms with Crippen LogP contribution in [0.4, 0.5) is 11.5 Å². The van der Waals surface area contributed by atoms with Crippen LogP contribution in [0.15, 0.2) is 41.0 Å². The Balaban J connectivity index is 1.94. The molecule has 0 atom stereocenters. The average molecular weight is 423 g/mol. The highest BCUT2D eigenvalue weighted by Crippen LogP contribution is 2.22. The lowest BCUT2D eigenvalue weighted by molar-refractivity contribution is -0.390. The number of ether oxygens (including phenoxy) is 1. The van der Waals surface area contributed by atoms with Crippen molar-refractivity contribution in [2.24, 2.45) is 0 Å². The SMILES string of the molecule is CCOC(=O)C=Cc1ccc(NC(=O)Cn2cc(Br)c([N+](=O)[O-])n2)cc1. The zero-order valence-electron chi connectivity index (χ0n) is 13.7. The van der Waals surface area contributed by atoms with Crippen molar-refractivity contribution < 1.29 is 19.2 Å². The summed E-state index contributed by atoms with van der Waals surface area (Å²) < 4.78 is 6.16. The van der Waals surface area contributed by atoms with E-state index in [1.165, 1.54) is 17.0 Å². The largest absolute Gasteiger partial charge is 0.463 e. The van der Waals surface area contributed by atoms with Gasteiger partial charge < -0.3 is 20.2 Å². The molecule has 0 saturated heterocycles. The molecule has 136 valence electrons. The van der Waals surface area contributed by atoms with Gasteiger partial charge in [0.25, 0.3) is 0 Å². The second kappa shape index (κ2) is 8.90. The topological polar surface area (TPSA) is 116 Å². The minimum atomic E-state index is -0.638. The van der Waals surface area contributed by atoms with Crippen LogP contribution in [0.5, 0.6) is 0 Å². The van der Waals surface area contributed by atoms with Gasteiger partial charge in [0, 0.05) is 11.8 Å². The van der Waals surface area contributed by atoms with Crippen LogP contribution in [-0.2, 0) is 20.9 Å². The maximum Gasteiger partial charge on any atom is 0.404 e. The number of nitrogens with zero attached hydrogens (tertiary/aromatic N) is 3. The van der Waals surface area contributed by atoms with E-state index in [0.29, 0.717) is 12.3 Å². The molecule has 0 saturated carbocycles. The molecule has 1 heterocycles. The van der Waals surface area contributed by atoms with Gasteiger partial charge in [-0.05, 0) is 51.5 Å². The van der Waals surface area contributed by atoms with Crippen molar-refractivity contribution in [3.63, 3.8) is 0 Å². The number of halogens is 1. The second-order valence-electron chi connectivity index (χ2n) is 5.01. The maximum absolute atomic E-state index is 12.0. The number of anilines is 1. The fourth-order valence-corrected chi connectivity index (χ4v) is 2.43. The van der Waals surface area contributed by atoms with E-state index in [1.54, 1.807) is 37.3 Å². The number of carbonyl (C=O) groups excluding carboxylic acids is 2. The molecule has 26 heavy (non-hydrogen) atoms. The second-order valence-corrected chi connectivity index (χ2v) is 5.87. The number of carbonyl (C=O) groups is 2. The molecule has 9 nitrogen and oxygen atoms in total. The summed E-state index contributed by atoms with van der Waals surface area (Å²) in [5.74, 6) is -1.16. The third-order valence-electron chi connectivity index (χ3n) is 3.07. The molecule has 0 fully saturated rings. The van der Waals surface area contributed by atoms with Gasteiger partial charge in [0.05, 0.1) is 17.9 Å². The van der Waals surface area contributed by atoms with Gasteiger partial charge in [0.2, 0.25) is 5.91 Å². The van der Waals surface area contributed by atoms with E-state index in [1.807, 2.05) is 0 Å². The Morgan fingerprint density at radius 1 is 1.38 bits per heavy atom. The minimum absolute atomic E-state index is 0.170. The number of nitro groups is 1. The predicted molar refractivity (Wildman–Crippen MR) is 97.3 cm³/mol. The summed E-state index contributed by atoms with van der Waals surface area (Å²) in [5.41, 5.74) is 1.31. The molecule has 1 N–H and O–H groups in total. The molecule has 0 aliphatic rings. The molecule has 0 bridgehead atoms. The summed E-state index contributed by atoms with van der Waals surface area (Å²) in [4.78, 5) is 33.4. The first-order chi connectivity index (χ1) is 12.4. The maximum atomic E-state index is 12.0. The molecule has 10 heteroatoms. The van der Waals surface area contributed by atoms with Crippen molar-refractivity contribution in [2.75, 3.05) is 11.9 Å². The molecule has 0 spiro atoms. The van der Waals surface area contributed by atoms with Crippen LogP contribution >= 0.6 is 15.9 Å². The Bertz CT molecular complexity index is 845. The van der Waals surface area contributed by atoms with Crippen LogP contribution in [0.2, 0.25) is 0 Å². The van der Waals surface area contributed by atoms with Gasteiger partial charge in [-0.25, -0.2) is 4.79 Å². The number of hydrogen-bond donors (Lipinski definition) is 1. The lowest BCUT2D eigenvalue weighted by Crippen LogP contribution is -2.19. The number of nitrogens with one attached hydrogen (secondary N) is 1. The van der Waals surface area contributed by atoms with Crippen molar-refractivity contribution in [3.8, 4) is 0 Å². The van der Waals surface area contributed by atoms with Crippen molar-refractivity contribution in [2.45, 2.75) is 13.5 Å². The highest BCUT2D eigenvalue weighted by atomic mass is 79.9. The lowest BCUT2D eigenvalue weighted by Gasteiger charge is -2.04. The first-order valence-electron chi connectivity index (χ1n) is 7.51. The van der Waals surface area contributed by atoms with Crippen molar-refractivity contribution in [3.05, 3.63) is 56.7 Å². The summed E-state index contributed by atoms with van der Waals surface area (Å²) in [6, 6.07) is 6.79. The Morgan fingerprint density at radius 2 is 2.08 bits per heavy atom. The molecule has 0 aliphatic carbocycles. The van der Waals surface area contributed by atoms with Crippen LogP contribution in [-0.4, -0.2) is 33.2 Å². The summed E-state index contributed by atoms with van der Waals surface area (Å²) in [5, 5.41) is 17.1. The zero-order chi connectivity index (χ0) is 19.1. The molecule has 2 aromatic rings. The quantitative estimate of drug-likeness (QED) is 0.317. The molecule has 0 aliphatic heterocycles. The van der Waals surface area contributed by atoms with E-state index in [-0.39, 0.29) is 22.7 Å². The fourth-order valence-electron chi connectivity index (χ4n) is 1.97. The Morgan fingerprint density at radius 3 is 2.65 bits per heavy atom. The molecule has 1 aromatic heterocycles. The summed E-state index contributed by atoms with van der Waals surface area (Å²) >= 11 is 3.02. The van der Waals surface area contributed by atoms with Gasteiger partial charge >= 0.3 is 11.8 Å². The summed E-state index contributed by atoms with van der Waals surface area (Å²) in [6.07, 6.45) is 4.28. The smallest absolute Gasteiger partial charge is 0.404 e. The van der Waals surface area contributed by atoms with E-state index < -0.39 is 10.9 Å². The van der Waals surface area contributed by atoms with E-state index in [2.05, 4.69) is 26.3 Å². The van der Waals surface area contributed by atoms with Gasteiger partial charge in [0.1, 0.15) is 11.0 Å². The van der Waals surface area contributed by atoms with Gasteiger partial charge in [-0.1, -0.05) is 12.1 Å². The monoisotopic (exact) mass is 422 g/mol. The Hall–Kier alpha value is -3.01. The van der Waals surface area contributed by atoms with Crippen LogP contribution in [0.1, 0.15) is 12.5 Å². The van der Waals surface area contributed by atoms with E-state index in [4.69, 9.17) is 4.74 Å². The third kappa shape index (κ3) is 5.52. The highest BCUT2D eigenvalue weighted by Gasteiger charge is 2.19. The van der Waals surface area contributed by atoms with E-state index in [0.717, 1.165) is 5.56 Å². The number of amides is 1. The van der Waals surface area contributed by atoms with E-state index >= 15 is 0 Å². The molecular formula is C16H15BrN4O5. The normalized spacial score (nSPS) is 10.7. The standard InChI is InChI=1S/C16H15BrN4O5/c1-2-26-15(23)8-5-11-3-6-12(7-4-11)18-14(22)10-20-9-13(17)16(19-20)21(24)25/h3-9H,2,10H2,1H3,(H,18,22). The first kappa shape index (κ1) is 19.3. The summed E-state index contributed by atoms with van der Waals surface area (Å²) in [7, 11) is 0. The number of hydrogen-bond acceptors (Lipinski definition) is 6. The van der Waals surface area contributed by atoms with Crippen LogP contribution in [0, 0.1) is 10.1 Å². The first-order valence-corrected chi connectivity index (χ1v) is 8.30. The van der Waals surface area contributed by atoms with Crippen LogP contribution < -0.4 is 5.32 Å². The van der Waals surface area contributed by atoms with Gasteiger partial charge in [-0.15, -0.1) is 0 Å². The number of aromatic nitrogens is 2. The highest BCUT2D eigenvalue weighted by molar-refractivity contribution is 9.10. The number of rotatable bonds is 7. The molecule has 2 rings (SSSR count). The molecular weight excluding hydrogens is 408 g/mol. The Labute approximate surface area is 156 Å². The van der Waals surface area contributed by atoms with Crippen molar-refractivity contribution >= 4 is 45.4 Å². The molecule has 0 unspecified atom stereocenters. The molecule has 1 amide bonds. The number of esters is 1. The van der Waals surface area contributed by atoms with Gasteiger partial charge in [-0.2, -0.15) is 4.68 Å².